The fourth-order valence-corrected chi connectivity index (χ4v) is 2.96. The van der Waals surface area contributed by atoms with Crippen LogP contribution >= 0.6 is 0 Å². The molecule has 0 amide bonds. The van der Waals surface area contributed by atoms with Crippen LogP contribution in [0.1, 0.15) is 32.6 Å². The molecular formula is C13H26N2O. The van der Waals surface area contributed by atoms with Crippen molar-refractivity contribution in [3.8, 4) is 0 Å². The van der Waals surface area contributed by atoms with Gasteiger partial charge in [-0.3, -0.25) is 0 Å². The number of nitrogens with zero attached hydrogens (tertiary/aromatic N) is 1. The molecule has 2 unspecified atom stereocenters. The second-order valence-corrected chi connectivity index (χ2v) is 5.80. The third-order valence-electron chi connectivity index (χ3n) is 3.95. The summed E-state index contributed by atoms with van der Waals surface area (Å²) in [5, 5.41) is 3.61. The minimum atomic E-state index is 0.112. The van der Waals surface area contributed by atoms with Crippen LogP contribution in [-0.4, -0.2) is 50.3 Å². The maximum atomic E-state index is 5.78. The number of piperidine rings is 1. The largest absolute Gasteiger partial charge is 0.374 e. The van der Waals surface area contributed by atoms with E-state index in [1.54, 1.807) is 0 Å². The van der Waals surface area contributed by atoms with Gasteiger partial charge in [0.1, 0.15) is 0 Å². The summed E-state index contributed by atoms with van der Waals surface area (Å²) in [5.74, 6) is 0.837. The fraction of sp³-hybridized carbons (Fsp3) is 1.00. The van der Waals surface area contributed by atoms with Crippen LogP contribution in [0.4, 0.5) is 0 Å². The number of rotatable bonds is 4. The van der Waals surface area contributed by atoms with E-state index in [2.05, 4.69) is 24.2 Å². The highest BCUT2D eigenvalue weighted by Gasteiger charge is 2.29. The van der Waals surface area contributed by atoms with Crippen LogP contribution in [0.15, 0.2) is 0 Å². The van der Waals surface area contributed by atoms with Gasteiger partial charge in [0.15, 0.2) is 0 Å². The molecule has 1 N–H and O–H groups in total. The van der Waals surface area contributed by atoms with E-state index >= 15 is 0 Å². The zero-order valence-electron chi connectivity index (χ0n) is 10.8. The van der Waals surface area contributed by atoms with Crippen LogP contribution in [0.3, 0.4) is 0 Å². The van der Waals surface area contributed by atoms with Crippen molar-refractivity contribution in [3.05, 3.63) is 0 Å². The number of nitrogens with one attached hydrogen (secondary N) is 1. The standard InChI is InChI=1S/C13H26N2O/c1-13(6-4-8-16-13)11-14-9-12-5-3-7-15(2)10-12/h12,14H,3-11H2,1-2H3. The van der Waals surface area contributed by atoms with Crippen molar-refractivity contribution in [2.24, 2.45) is 5.92 Å². The van der Waals surface area contributed by atoms with E-state index in [0.717, 1.165) is 25.6 Å². The molecule has 0 aromatic carbocycles. The summed E-state index contributed by atoms with van der Waals surface area (Å²) in [4.78, 5) is 2.45. The van der Waals surface area contributed by atoms with Crippen molar-refractivity contribution in [2.75, 3.05) is 39.8 Å². The summed E-state index contributed by atoms with van der Waals surface area (Å²) in [6, 6.07) is 0. The van der Waals surface area contributed by atoms with E-state index in [1.165, 1.54) is 38.8 Å². The highest BCUT2D eigenvalue weighted by Crippen LogP contribution is 2.24. The van der Waals surface area contributed by atoms with Crippen LogP contribution in [0.25, 0.3) is 0 Å². The van der Waals surface area contributed by atoms with Gasteiger partial charge >= 0.3 is 0 Å². The molecule has 2 saturated heterocycles. The Hall–Kier alpha value is -0.120. The van der Waals surface area contributed by atoms with Crippen LogP contribution in [0, 0.1) is 5.92 Å². The van der Waals surface area contributed by atoms with Gasteiger partial charge in [0.25, 0.3) is 0 Å². The van der Waals surface area contributed by atoms with Gasteiger partial charge in [-0.1, -0.05) is 0 Å². The summed E-state index contributed by atoms with van der Waals surface area (Å²) in [5.41, 5.74) is 0.112. The Morgan fingerprint density at radius 1 is 1.44 bits per heavy atom. The van der Waals surface area contributed by atoms with E-state index in [1.807, 2.05) is 0 Å². The van der Waals surface area contributed by atoms with Gasteiger partial charge in [0, 0.05) is 19.7 Å². The second-order valence-electron chi connectivity index (χ2n) is 5.80. The van der Waals surface area contributed by atoms with Gasteiger partial charge in [-0.05, 0) is 58.7 Å². The summed E-state index contributed by atoms with van der Waals surface area (Å²) in [7, 11) is 2.23. The Kier molecular flexibility index (Phi) is 4.22. The maximum absolute atomic E-state index is 5.78. The first kappa shape index (κ1) is 12.3. The normalized spacial score (nSPS) is 36.8. The summed E-state index contributed by atoms with van der Waals surface area (Å²) >= 11 is 0. The Labute approximate surface area is 99.5 Å². The molecule has 2 aliphatic rings. The molecule has 2 aliphatic heterocycles. The van der Waals surface area contributed by atoms with Crippen molar-refractivity contribution in [3.63, 3.8) is 0 Å². The highest BCUT2D eigenvalue weighted by molar-refractivity contribution is 4.83. The lowest BCUT2D eigenvalue weighted by Crippen LogP contribution is -2.42. The molecule has 3 nitrogen and oxygen atoms in total. The predicted molar refractivity (Wildman–Crippen MR) is 66.7 cm³/mol. The minimum absolute atomic E-state index is 0.112. The first-order valence-corrected chi connectivity index (χ1v) is 6.71. The Bertz CT molecular complexity index is 214. The molecule has 0 radical (unpaired) electrons. The third-order valence-corrected chi connectivity index (χ3v) is 3.95. The van der Waals surface area contributed by atoms with Gasteiger partial charge < -0.3 is 15.0 Å². The predicted octanol–water partition coefficient (Wildman–Crippen LogP) is 1.49. The zero-order valence-corrected chi connectivity index (χ0v) is 10.8. The minimum Gasteiger partial charge on any atom is -0.374 e. The summed E-state index contributed by atoms with van der Waals surface area (Å²) < 4.78 is 5.78. The Morgan fingerprint density at radius 3 is 3.00 bits per heavy atom. The average Bonchev–Trinajstić information content (AvgIpc) is 2.65. The van der Waals surface area contributed by atoms with Crippen LogP contribution in [0.2, 0.25) is 0 Å². The third kappa shape index (κ3) is 3.44. The molecule has 0 spiro atoms. The molecular weight excluding hydrogens is 200 g/mol. The van der Waals surface area contributed by atoms with E-state index in [9.17, 15) is 0 Å². The highest BCUT2D eigenvalue weighted by atomic mass is 16.5. The maximum Gasteiger partial charge on any atom is 0.0779 e. The van der Waals surface area contributed by atoms with Crippen molar-refractivity contribution < 1.29 is 4.74 Å². The first-order valence-electron chi connectivity index (χ1n) is 6.71. The van der Waals surface area contributed by atoms with Gasteiger partial charge in [-0.15, -0.1) is 0 Å². The van der Waals surface area contributed by atoms with Crippen LogP contribution in [-0.2, 0) is 4.74 Å². The molecule has 0 aromatic rings. The van der Waals surface area contributed by atoms with Crippen molar-refractivity contribution >= 4 is 0 Å². The van der Waals surface area contributed by atoms with Crippen molar-refractivity contribution in [1.82, 2.24) is 10.2 Å². The Morgan fingerprint density at radius 2 is 2.31 bits per heavy atom. The fourth-order valence-electron chi connectivity index (χ4n) is 2.96. The quantitative estimate of drug-likeness (QED) is 0.786. The topological polar surface area (TPSA) is 24.5 Å². The lowest BCUT2D eigenvalue weighted by atomic mass is 9.97. The number of likely N-dealkylation sites (tertiary alicyclic amines) is 1. The molecule has 3 heteroatoms. The number of hydrogen-bond donors (Lipinski definition) is 1. The molecule has 0 bridgehead atoms. The lowest BCUT2D eigenvalue weighted by Gasteiger charge is -2.31. The van der Waals surface area contributed by atoms with Crippen LogP contribution < -0.4 is 5.32 Å². The molecule has 0 saturated carbocycles. The lowest BCUT2D eigenvalue weighted by molar-refractivity contribution is 0.0196. The molecule has 2 fully saturated rings. The van der Waals surface area contributed by atoms with Gasteiger partial charge in [0.05, 0.1) is 5.60 Å². The van der Waals surface area contributed by atoms with E-state index in [-0.39, 0.29) is 5.60 Å². The zero-order chi connectivity index (χ0) is 11.4. The van der Waals surface area contributed by atoms with Crippen LogP contribution in [0.5, 0.6) is 0 Å². The number of hydrogen-bond acceptors (Lipinski definition) is 3. The first-order chi connectivity index (χ1) is 7.68. The smallest absolute Gasteiger partial charge is 0.0779 e. The van der Waals surface area contributed by atoms with Gasteiger partial charge in [-0.2, -0.15) is 0 Å². The monoisotopic (exact) mass is 226 g/mol. The molecule has 2 atom stereocenters. The number of ether oxygens (including phenoxy) is 1. The van der Waals surface area contributed by atoms with Crippen molar-refractivity contribution in [1.29, 1.82) is 0 Å². The summed E-state index contributed by atoms with van der Waals surface area (Å²) in [6.45, 7) is 7.89. The van der Waals surface area contributed by atoms with E-state index < -0.39 is 0 Å². The van der Waals surface area contributed by atoms with Crippen molar-refractivity contribution in [2.45, 2.75) is 38.2 Å². The molecule has 2 rings (SSSR count). The van der Waals surface area contributed by atoms with Gasteiger partial charge in [-0.25, -0.2) is 0 Å². The molecule has 0 aromatic heterocycles. The average molecular weight is 226 g/mol. The van der Waals surface area contributed by atoms with E-state index in [0.29, 0.717) is 0 Å². The summed E-state index contributed by atoms with van der Waals surface area (Å²) in [6.07, 6.45) is 5.18. The molecule has 94 valence electrons. The Balaban J connectivity index is 1.63. The molecule has 2 heterocycles. The molecule has 16 heavy (non-hydrogen) atoms. The molecule has 0 aliphatic carbocycles. The van der Waals surface area contributed by atoms with Gasteiger partial charge in [0.2, 0.25) is 0 Å². The SMILES string of the molecule is CN1CCCC(CNCC2(C)CCCO2)C1. The second kappa shape index (κ2) is 5.48. The van der Waals surface area contributed by atoms with E-state index in [4.69, 9.17) is 4.74 Å².